The third-order valence-electron chi connectivity index (χ3n) is 7.11. The van der Waals surface area contributed by atoms with Crippen molar-refractivity contribution < 1.29 is 34.6 Å². The van der Waals surface area contributed by atoms with Crippen LogP contribution in [0.2, 0.25) is 0 Å². The first-order chi connectivity index (χ1) is 20.1. The fraction of sp³-hybridized carbons (Fsp3) is 0.0312. The SMILES string of the molecule is O=c1oc2cc(-c3ccc(-c4cccc5c4oc4ccccc45)cc3)ccc2c2ccc(OS(=O)(=O)C(F)(F)F)cc12. The standard InChI is InChI=1S/C32H17F3O6S/c33-32(34,35)42(37,38)41-21-13-15-23-25-14-12-20(16-29(25)40-31(36)27(23)17-21)18-8-10-19(11-9-18)22-5-3-6-26-24-4-1-2-7-28(24)39-30(22)26/h1-17H. The van der Waals surface area contributed by atoms with Crippen molar-refractivity contribution in [2.75, 3.05) is 0 Å². The molecule has 7 rings (SSSR count). The van der Waals surface area contributed by atoms with Crippen molar-refractivity contribution in [2.24, 2.45) is 0 Å². The van der Waals surface area contributed by atoms with E-state index in [1.54, 1.807) is 12.1 Å². The van der Waals surface area contributed by atoms with Crippen LogP contribution < -0.4 is 9.81 Å². The van der Waals surface area contributed by atoms with Gasteiger partial charge in [0.25, 0.3) is 0 Å². The lowest BCUT2D eigenvalue weighted by Gasteiger charge is -2.11. The Morgan fingerprint density at radius 3 is 2.05 bits per heavy atom. The average Bonchev–Trinajstić information content (AvgIpc) is 3.35. The van der Waals surface area contributed by atoms with Gasteiger partial charge in [0.05, 0.1) is 5.39 Å². The van der Waals surface area contributed by atoms with Crippen molar-refractivity contribution in [1.29, 1.82) is 0 Å². The molecule has 0 amide bonds. The molecular weight excluding hydrogens is 569 g/mol. The van der Waals surface area contributed by atoms with Gasteiger partial charge in [-0.05, 0) is 53.1 Å². The number of furan rings is 1. The van der Waals surface area contributed by atoms with E-state index in [4.69, 9.17) is 8.83 Å². The lowest BCUT2D eigenvalue weighted by atomic mass is 9.98. The van der Waals surface area contributed by atoms with E-state index in [1.807, 2.05) is 72.8 Å². The molecule has 0 aliphatic rings. The number of rotatable bonds is 4. The molecule has 2 aromatic heterocycles. The molecule has 0 radical (unpaired) electrons. The minimum Gasteiger partial charge on any atom is -0.455 e. The lowest BCUT2D eigenvalue weighted by Crippen LogP contribution is -2.28. The molecule has 0 saturated heterocycles. The summed E-state index contributed by atoms with van der Waals surface area (Å²) in [5, 5.41) is 2.86. The first-order valence-corrected chi connectivity index (χ1v) is 14.0. The Morgan fingerprint density at radius 2 is 1.26 bits per heavy atom. The summed E-state index contributed by atoms with van der Waals surface area (Å²) in [5.41, 5.74) is -1.02. The second-order valence-corrected chi connectivity index (χ2v) is 11.2. The maximum absolute atomic E-state index is 12.7. The van der Waals surface area contributed by atoms with Crippen molar-refractivity contribution in [2.45, 2.75) is 5.51 Å². The van der Waals surface area contributed by atoms with E-state index in [0.29, 0.717) is 10.8 Å². The minimum atomic E-state index is -5.89. The second-order valence-electron chi connectivity index (χ2n) is 9.65. The Hall–Kier alpha value is -5.09. The van der Waals surface area contributed by atoms with Crippen LogP contribution in [0.15, 0.2) is 117 Å². The van der Waals surface area contributed by atoms with Crippen LogP contribution in [0.5, 0.6) is 5.75 Å². The number of alkyl halides is 3. The predicted molar refractivity (Wildman–Crippen MR) is 154 cm³/mol. The van der Waals surface area contributed by atoms with Crippen molar-refractivity contribution in [3.8, 4) is 28.0 Å². The summed E-state index contributed by atoms with van der Waals surface area (Å²) in [5.74, 6) is -0.651. The van der Waals surface area contributed by atoms with Crippen molar-refractivity contribution in [3.05, 3.63) is 114 Å². The van der Waals surface area contributed by atoms with Crippen LogP contribution in [-0.2, 0) is 10.1 Å². The Labute approximate surface area is 235 Å². The number of para-hydroxylation sites is 2. The Bertz CT molecular complexity index is 2350. The van der Waals surface area contributed by atoms with Gasteiger partial charge >= 0.3 is 21.3 Å². The maximum atomic E-state index is 12.7. The van der Waals surface area contributed by atoms with Crippen LogP contribution in [-0.4, -0.2) is 13.9 Å². The number of fused-ring (bicyclic) bond motifs is 6. The number of hydrogen-bond acceptors (Lipinski definition) is 6. The van der Waals surface area contributed by atoms with Gasteiger partial charge in [-0.2, -0.15) is 21.6 Å². The van der Waals surface area contributed by atoms with Crippen LogP contribution in [0.3, 0.4) is 0 Å². The van der Waals surface area contributed by atoms with Crippen LogP contribution in [0.25, 0.3) is 65.9 Å². The predicted octanol–water partition coefficient (Wildman–Crippen LogP) is 8.41. The number of benzene rings is 5. The fourth-order valence-electron chi connectivity index (χ4n) is 5.13. The highest BCUT2D eigenvalue weighted by atomic mass is 32.2. The smallest absolute Gasteiger partial charge is 0.455 e. The van der Waals surface area contributed by atoms with Crippen LogP contribution in [0, 0.1) is 0 Å². The van der Waals surface area contributed by atoms with Crippen molar-refractivity contribution in [1.82, 2.24) is 0 Å². The van der Waals surface area contributed by atoms with Gasteiger partial charge in [0.15, 0.2) is 0 Å². The Morgan fingerprint density at radius 1 is 0.595 bits per heavy atom. The summed E-state index contributed by atoms with van der Waals surface area (Å²) in [6.45, 7) is 0. The molecule has 0 bridgehead atoms. The van der Waals surface area contributed by atoms with Gasteiger partial charge in [0, 0.05) is 27.1 Å². The summed E-state index contributed by atoms with van der Waals surface area (Å²) in [4.78, 5) is 12.7. The minimum absolute atomic E-state index is 0.116. The molecule has 0 aliphatic carbocycles. The van der Waals surface area contributed by atoms with Gasteiger partial charge in [-0.3, -0.25) is 0 Å². The van der Waals surface area contributed by atoms with Gasteiger partial charge in [-0.15, -0.1) is 0 Å². The zero-order valence-corrected chi connectivity index (χ0v) is 22.1. The normalized spacial score (nSPS) is 12.5. The van der Waals surface area contributed by atoms with E-state index in [1.165, 1.54) is 6.07 Å². The first kappa shape index (κ1) is 25.8. The summed E-state index contributed by atoms with van der Waals surface area (Å²) in [6.07, 6.45) is 0. The van der Waals surface area contributed by atoms with E-state index >= 15 is 0 Å². The fourth-order valence-corrected chi connectivity index (χ4v) is 5.58. The Balaban J connectivity index is 1.24. The largest absolute Gasteiger partial charge is 0.534 e. The summed E-state index contributed by atoms with van der Waals surface area (Å²) in [6, 6.07) is 30.3. The van der Waals surface area contributed by atoms with Gasteiger partial charge in [-0.1, -0.05) is 66.7 Å². The quantitative estimate of drug-likeness (QED) is 0.0891. The summed E-state index contributed by atoms with van der Waals surface area (Å²) in [7, 11) is -5.89. The summed E-state index contributed by atoms with van der Waals surface area (Å²) < 4.78 is 76.7. The molecule has 208 valence electrons. The molecule has 0 spiro atoms. The molecular formula is C32H17F3O6S. The molecule has 0 saturated carbocycles. The van der Waals surface area contributed by atoms with Gasteiger partial charge in [0.1, 0.15) is 22.5 Å². The second kappa shape index (κ2) is 9.22. The highest BCUT2D eigenvalue weighted by Crippen LogP contribution is 2.37. The molecule has 0 N–H and O–H groups in total. The van der Waals surface area contributed by atoms with Crippen LogP contribution >= 0.6 is 0 Å². The van der Waals surface area contributed by atoms with E-state index in [9.17, 15) is 26.4 Å². The number of hydrogen-bond donors (Lipinski definition) is 0. The third kappa shape index (κ3) is 4.19. The van der Waals surface area contributed by atoms with E-state index < -0.39 is 27.0 Å². The Kier molecular flexibility index (Phi) is 5.67. The molecule has 0 unspecified atom stereocenters. The van der Waals surface area contributed by atoms with Crippen molar-refractivity contribution >= 4 is 53.8 Å². The third-order valence-corrected chi connectivity index (χ3v) is 8.09. The first-order valence-electron chi connectivity index (χ1n) is 12.6. The summed E-state index contributed by atoms with van der Waals surface area (Å²) >= 11 is 0. The van der Waals surface area contributed by atoms with Crippen LogP contribution in [0.1, 0.15) is 0 Å². The van der Waals surface area contributed by atoms with Crippen LogP contribution in [0.4, 0.5) is 13.2 Å². The zero-order chi connectivity index (χ0) is 29.2. The van der Waals surface area contributed by atoms with Gasteiger partial charge in [0.2, 0.25) is 0 Å². The molecule has 2 heterocycles. The van der Waals surface area contributed by atoms with E-state index in [0.717, 1.165) is 56.3 Å². The molecule has 6 nitrogen and oxygen atoms in total. The molecule has 0 fully saturated rings. The molecule has 0 aliphatic heterocycles. The van der Waals surface area contributed by atoms with E-state index in [2.05, 4.69) is 4.18 Å². The topological polar surface area (TPSA) is 86.7 Å². The lowest BCUT2D eigenvalue weighted by molar-refractivity contribution is -0.0500. The molecule has 10 heteroatoms. The van der Waals surface area contributed by atoms with Gasteiger partial charge < -0.3 is 13.0 Å². The molecule has 7 aromatic rings. The molecule has 5 aromatic carbocycles. The highest BCUT2D eigenvalue weighted by Gasteiger charge is 2.48. The zero-order valence-electron chi connectivity index (χ0n) is 21.3. The molecule has 0 atom stereocenters. The molecule has 42 heavy (non-hydrogen) atoms. The van der Waals surface area contributed by atoms with E-state index in [-0.39, 0.29) is 11.0 Å². The monoisotopic (exact) mass is 586 g/mol. The number of halogens is 3. The van der Waals surface area contributed by atoms with Crippen molar-refractivity contribution in [3.63, 3.8) is 0 Å². The average molecular weight is 587 g/mol. The van der Waals surface area contributed by atoms with Gasteiger partial charge in [-0.25, -0.2) is 4.79 Å². The maximum Gasteiger partial charge on any atom is 0.534 e. The highest BCUT2D eigenvalue weighted by molar-refractivity contribution is 7.88.